The van der Waals surface area contributed by atoms with Crippen LogP contribution in [0.1, 0.15) is 49.4 Å². The van der Waals surface area contributed by atoms with E-state index in [1.165, 1.54) is 32.1 Å². The maximum atomic E-state index is 11.9. The Kier molecular flexibility index (Phi) is 4.13. The van der Waals surface area contributed by atoms with Crippen LogP contribution in [0.5, 0.6) is 0 Å². The molecule has 17 heavy (non-hydrogen) atoms. The third-order valence-electron chi connectivity index (χ3n) is 3.64. The van der Waals surface area contributed by atoms with Crippen molar-refractivity contribution in [3.05, 3.63) is 30.1 Å². The first kappa shape index (κ1) is 12.1. The predicted molar refractivity (Wildman–Crippen MR) is 67.7 cm³/mol. The van der Waals surface area contributed by atoms with Gasteiger partial charge in [-0.15, -0.1) is 0 Å². The van der Waals surface area contributed by atoms with Gasteiger partial charge in [-0.2, -0.15) is 0 Å². The Balaban J connectivity index is 1.89. The molecule has 3 nitrogen and oxygen atoms in total. The van der Waals surface area contributed by atoms with Gasteiger partial charge in [0.05, 0.1) is 5.56 Å². The van der Waals surface area contributed by atoms with Crippen LogP contribution in [0.15, 0.2) is 24.5 Å². The summed E-state index contributed by atoms with van der Waals surface area (Å²) in [5, 5.41) is 3.09. The average Bonchev–Trinajstić information content (AvgIpc) is 2.40. The van der Waals surface area contributed by atoms with Crippen LogP contribution in [0.2, 0.25) is 0 Å². The van der Waals surface area contributed by atoms with Crippen molar-refractivity contribution >= 4 is 5.91 Å². The maximum Gasteiger partial charge on any atom is 0.253 e. The summed E-state index contributed by atoms with van der Waals surface area (Å²) >= 11 is 0. The third-order valence-corrected chi connectivity index (χ3v) is 3.64. The van der Waals surface area contributed by atoms with E-state index in [-0.39, 0.29) is 11.9 Å². The highest BCUT2D eigenvalue weighted by molar-refractivity contribution is 5.93. The van der Waals surface area contributed by atoms with Crippen molar-refractivity contribution in [3.8, 4) is 0 Å². The molecule has 2 rings (SSSR count). The van der Waals surface area contributed by atoms with Crippen molar-refractivity contribution in [2.24, 2.45) is 5.92 Å². The Labute approximate surface area is 103 Å². The molecule has 3 heteroatoms. The Morgan fingerprint density at radius 1 is 1.41 bits per heavy atom. The minimum atomic E-state index is -0.00354. The van der Waals surface area contributed by atoms with Gasteiger partial charge in [-0.05, 0) is 37.8 Å². The number of pyridine rings is 1. The first-order valence-corrected chi connectivity index (χ1v) is 6.48. The molecular weight excluding hydrogens is 212 g/mol. The number of carbonyl (C=O) groups is 1. The van der Waals surface area contributed by atoms with Gasteiger partial charge < -0.3 is 5.32 Å². The summed E-state index contributed by atoms with van der Waals surface area (Å²) in [5.41, 5.74) is 0.648. The van der Waals surface area contributed by atoms with Gasteiger partial charge in [-0.3, -0.25) is 9.78 Å². The molecular formula is C14H20N2O. The summed E-state index contributed by atoms with van der Waals surface area (Å²) in [6.07, 6.45) is 9.74. The summed E-state index contributed by atoms with van der Waals surface area (Å²) < 4.78 is 0. The number of hydrogen-bond donors (Lipinski definition) is 1. The van der Waals surface area contributed by atoms with E-state index < -0.39 is 0 Å². The molecule has 1 heterocycles. The molecule has 0 aromatic carbocycles. The molecule has 92 valence electrons. The minimum Gasteiger partial charge on any atom is -0.349 e. The van der Waals surface area contributed by atoms with Crippen LogP contribution >= 0.6 is 0 Å². The van der Waals surface area contributed by atoms with Gasteiger partial charge in [0.15, 0.2) is 0 Å². The number of carbonyl (C=O) groups excluding carboxylic acids is 1. The van der Waals surface area contributed by atoms with E-state index in [1.54, 1.807) is 24.5 Å². The zero-order valence-corrected chi connectivity index (χ0v) is 10.4. The smallest absolute Gasteiger partial charge is 0.253 e. The highest BCUT2D eigenvalue weighted by Crippen LogP contribution is 2.26. The molecule has 0 bridgehead atoms. The number of amides is 1. The van der Waals surface area contributed by atoms with E-state index in [1.807, 2.05) is 0 Å². The topological polar surface area (TPSA) is 42.0 Å². The van der Waals surface area contributed by atoms with Crippen molar-refractivity contribution in [1.82, 2.24) is 10.3 Å². The molecule has 1 fully saturated rings. The monoisotopic (exact) mass is 232 g/mol. The van der Waals surface area contributed by atoms with Crippen LogP contribution in [0, 0.1) is 5.92 Å². The Morgan fingerprint density at radius 3 is 2.82 bits per heavy atom. The zero-order chi connectivity index (χ0) is 12.1. The minimum absolute atomic E-state index is 0.00354. The van der Waals surface area contributed by atoms with Crippen molar-refractivity contribution in [1.29, 1.82) is 0 Å². The standard InChI is InChI=1S/C14H20N2O/c1-11(12-6-3-2-4-7-12)16-14(17)13-8-5-9-15-10-13/h5,8-12H,2-4,6-7H2,1H3,(H,16,17)/t11-/m1/s1. The Hall–Kier alpha value is -1.38. The number of hydrogen-bond acceptors (Lipinski definition) is 2. The van der Waals surface area contributed by atoms with E-state index in [4.69, 9.17) is 0 Å². The van der Waals surface area contributed by atoms with Gasteiger partial charge in [0.25, 0.3) is 5.91 Å². The van der Waals surface area contributed by atoms with E-state index in [0.29, 0.717) is 11.5 Å². The fourth-order valence-corrected chi connectivity index (χ4v) is 2.54. The quantitative estimate of drug-likeness (QED) is 0.870. The molecule has 1 aromatic heterocycles. The first-order valence-electron chi connectivity index (χ1n) is 6.48. The number of nitrogens with zero attached hydrogens (tertiary/aromatic N) is 1. The Bertz CT molecular complexity index is 358. The highest BCUT2D eigenvalue weighted by atomic mass is 16.1. The fourth-order valence-electron chi connectivity index (χ4n) is 2.54. The second kappa shape index (κ2) is 5.80. The van der Waals surface area contributed by atoms with E-state index in [9.17, 15) is 4.79 Å². The van der Waals surface area contributed by atoms with Gasteiger partial charge in [-0.25, -0.2) is 0 Å². The largest absolute Gasteiger partial charge is 0.349 e. The lowest BCUT2D eigenvalue weighted by Gasteiger charge is -2.28. The molecule has 0 saturated heterocycles. The lowest BCUT2D eigenvalue weighted by atomic mass is 9.84. The molecule has 1 aliphatic carbocycles. The van der Waals surface area contributed by atoms with Gasteiger partial charge in [0, 0.05) is 18.4 Å². The predicted octanol–water partition coefficient (Wildman–Crippen LogP) is 2.78. The van der Waals surface area contributed by atoms with Crippen molar-refractivity contribution in [2.75, 3.05) is 0 Å². The molecule has 0 unspecified atom stereocenters. The SMILES string of the molecule is C[C@@H](NC(=O)c1cccnc1)C1CCCCC1. The lowest BCUT2D eigenvalue weighted by molar-refractivity contribution is 0.0919. The van der Waals surface area contributed by atoms with Gasteiger partial charge >= 0.3 is 0 Å². The third kappa shape index (κ3) is 3.29. The molecule has 1 N–H and O–H groups in total. The summed E-state index contributed by atoms with van der Waals surface area (Å²) in [5.74, 6) is 0.639. The van der Waals surface area contributed by atoms with Crippen LogP contribution in [-0.4, -0.2) is 16.9 Å². The van der Waals surface area contributed by atoms with Gasteiger partial charge in [0.2, 0.25) is 0 Å². The van der Waals surface area contributed by atoms with Crippen LogP contribution < -0.4 is 5.32 Å². The van der Waals surface area contributed by atoms with E-state index >= 15 is 0 Å². The molecule has 1 amide bonds. The molecule has 1 aliphatic rings. The van der Waals surface area contributed by atoms with Crippen LogP contribution in [0.25, 0.3) is 0 Å². The summed E-state index contributed by atoms with van der Waals surface area (Å²) in [6, 6.07) is 3.86. The van der Waals surface area contributed by atoms with Crippen LogP contribution in [-0.2, 0) is 0 Å². The second-order valence-corrected chi connectivity index (χ2v) is 4.90. The molecule has 0 spiro atoms. The van der Waals surface area contributed by atoms with Crippen molar-refractivity contribution in [3.63, 3.8) is 0 Å². The summed E-state index contributed by atoms with van der Waals surface area (Å²) in [4.78, 5) is 15.9. The highest BCUT2D eigenvalue weighted by Gasteiger charge is 2.21. The van der Waals surface area contributed by atoms with Gasteiger partial charge in [0.1, 0.15) is 0 Å². The number of rotatable bonds is 3. The zero-order valence-electron chi connectivity index (χ0n) is 10.4. The molecule has 1 saturated carbocycles. The number of aromatic nitrogens is 1. The van der Waals surface area contributed by atoms with E-state index in [2.05, 4.69) is 17.2 Å². The Morgan fingerprint density at radius 2 is 2.18 bits per heavy atom. The normalized spacial score (nSPS) is 18.6. The molecule has 1 aromatic rings. The molecule has 1 atom stereocenters. The maximum absolute atomic E-state index is 11.9. The molecule has 0 radical (unpaired) electrons. The number of nitrogens with one attached hydrogen (secondary N) is 1. The average molecular weight is 232 g/mol. The van der Waals surface area contributed by atoms with Crippen molar-refractivity contribution < 1.29 is 4.79 Å². The summed E-state index contributed by atoms with van der Waals surface area (Å²) in [6.45, 7) is 2.12. The van der Waals surface area contributed by atoms with Crippen LogP contribution in [0.4, 0.5) is 0 Å². The van der Waals surface area contributed by atoms with E-state index in [0.717, 1.165) is 0 Å². The van der Waals surface area contributed by atoms with Crippen molar-refractivity contribution in [2.45, 2.75) is 45.1 Å². The lowest BCUT2D eigenvalue weighted by Crippen LogP contribution is -2.38. The first-order chi connectivity index (χ1) is 8.27. The summed E-state index contributed by atoms with van der Waals surface area (Å²) in [7, 11) is 0. The van der Waals surface area contributed by atoms with Gasteiger partial charge in [-0.1, -0.05) is 19.3 Å². The van der Waals surface area contributed by atoms with Crippen LogP contribution in [0.3, 0.4) is 0 Å². The fraction of sp³-hybridized carbons (Fsp3) is 0.571. The second-order valence-electron chi connectivity index (χ2n) is 4.90. The molecule has 0 aliphatic heterocycles.